The van der Waals surface area contributed by atoms with Crippen LogP contribution < -0.4 is 0 Å². The first-order chi connectivity index (χ1) is 18.8. The van der Waals surface area contributed by atoms with Crippen LogP contribution in [0.3, 0.4) is 0 Å². The van der Waals surface area contributed by atoms with E-state index in [4.69, 9.17) is 9.47 Å². The third-order valence-electron chi connectivity index (χ3n) is 8.86. The van der Waals surface area contributed by atoms with Crippen LogP contribution in [0.25, 0.3) is 0 Å². The Morgan fingerprint density at radius 1 is 1.23 bits per heavy atom. The number of carbonyl (C=O) groups excluding carboxylic acids is 3. The van der Waals surface area contributed by atoms with Crippen molar-refractivity contribution in [3.8, 4) is 0 Å². The van der Waals surface area contributed by atoms with E-state index in [-0.39, 0.29) is 31.6 Å². The number of ether oxygens (including phenoxy) is 2. The normalized spacial score (nSPS) is 29.7. The highest BCUT2D eigenvalue weighted by atomic mass is 16.6. The topological polar surface area (TPSA) is 96.4 Å². The Morgan fingerprint density at radius 3 is 2.59 bits per heavy atom. The first-order valence-electron chi connectivity index (χ1n) is 14.2. The van der Waals surface area contributed by atoms with Crippen molar-refractivity contribution in [1.29, 1.82) is 0 Å². The van der Waals surface area contributed by atoms with Crippen LogP contribution in [0.15, 0.2) is 55.6 Å². The zero-order chi connectivity index (χ0) is 28.2. The van der Waals surface area contributed by atoms with Gasteiger partial charge in [0.2, 0.25) is 11.8 Å². The molecular formula is C31H42N2O6. The van der Waals surface area contributed by atoms with Crippen LogP contribution in [-0.2, 0) is 30.4 Å². The molecule has 39 heavy (non-hydrogen) atoms. The van der Waals surface area contributed by atoms with E-state index in [1.165, 1.54) is 4.90 Å². The predicted octanol–water partition coefficient (Wildman–Crippen LogP) is 3.64. The molecule has 8 nitrogen and oxygen atoms in total. The molecule has 1 N–H and O–H groups in total. The van der Waals surface area contributed by atoms with Gasteiger partial charge >= 0.3 is 5.97 Å². The second-order valence-corrected chi connectivity index (χ2v) is 10.9. The number of esters is 1. The minimum atomic E-state index is -1.16. The van der Waals surface area contributed by atoms with Crippen molar-refractivity contribution in [2.45, 2.75) is 82.2 Å². The largest absolute Gasteiger partial charge is 0.465 e. The monoisotopic (exact) mass is 538 g/mol. The number of hydrogen-bond donors (Lipinski definition) is 1. The summed E-state index contributed by atoms with van der Waals surface area (Å²) in [5.41, 5.74) is -1.06. The molecule has 2 amide bonds. The second-order valence-electron chi connectivity index (χ2n) is 10.9. The van der Waals surface area contributed by atoms with Crippen molar-refractivity contribution in [2.24, 2.45) is 11.8 Å². The third kappa shape index (κ3) is 4.93. The average molecular weight is 539 g/mol. The maximum absolute atomic E-state index is 14.5. The van der Waals surface area contributed by atoms with E-state index in [1.54, 1.807) is 17.1 Å². The van der Waals surface area contributed by atoms with Gasteiger partial charge in [-0.2, -0.15) is 0 Å². The highest BCUT2D eigenvalue weighted by molar-refractivity contribution is 5.98. The molecule has 2 bridgehead atoms. The Hall–Kier alpha value is -2.97. The van der Waals surface area contributed by atoms with Crippen LogP contribution in [-0.4, -0.2) is 75.7 Å². The standard InChI is InChI=1S/C31H42N2O6/c1-5-9-13-19-38-29(37)25-24-27(35)33(23(7-3)21-34)26(31(24)17-16-30(25,8-4)39-31)28(36)32(18-6-2)20-22-14-11-10-12-15-22/h5-6,10-12,14-15,23-26,34H,1-2,7-9,13,16-21H2,3-4H3/t23-,24-,25-,26?,30+,31?/m0/s1. The lowest BCUT2D eigenvalue weighted by Crippen LogP contribution is -2.58. The number of nitrogens with zero attached hydrogens (tertiary/aromatic N) is 2. The fraction of sp³-hybridized carbons (Fsp3) is 0.581. The molecule has 6 atom stereocenters. The van der Waals surface area contributed by atoms with Crippen LogP contribution in [0, 0.1) is 11.8 Å². The van der Waals surface area contributed by atoms with Gasteiger partial charge in [0.05, 0.1) is 30.8 Å². The summed E-state index contributed by atoms with van der Waals surface area (Å²) in [4.78, 5) is 45.5. The average Bonchev–Trinajstić information content (AvgIpc) is 3.56. The lowest BCUT2D eigenvalue weighted by atomic mass is 9.65. The molecule has 3 fully saturated rings. The predicted molar refractivity (Wildman–Crippen MR) is 147 cm³/mol. The van der Waals surface area contributed by atoms with Crippen molar-refractivity contribution in [3.05, 3.63) is 61.2 Å². The number of aliphatic hydroxyl groups excluding tert-OH is 1. The summed E-state index contributed by atoms with van der Waals surface area (Å²) in [6, 6.07) is 8.13. The van der Waals surface area contributed by atoms with Crippen molar-refractivity contribution in [3.63, 3.8) is 0 Å². The Bertz CT molecular complexity index is 1070. The Balaban J connectivity index is 1.75. The van der Waals surface area contributed by atoms with Crippen LogP contribution in [0.1, 0.15) is 57.9 Å². The molecule has 8 heteroatoms. The van der Waals surface area contributed by atoms with Gasteiger partial charge in [0, 0.05) is 13.1 Å². The molecule has 0 aromatic heterocycles. The number of amides is 2. The molecule has 212 valence electrons. The van der Waals surface area contributed by atoms with Gasteiger partial charge in [0.25, 0.3) is 0 Å². The van der Waals surface area contributed by atoms with E-state index in [2.05, 4.69) is 13.2 Å². The fourth-order valence-corrected chi connectivity index (χ4v) is 6.96. The van der Waals surface area contributed by atoms with Gasteiger partial charge in [0.1, 0.15) is 17.6 Å². The fourth-order valence-electron chi connectivity index (χ4n) is 6.96. The van der Waals surface area contributed by atoms with Crippen molar-refractivity contribution >= 4 is 17.8 Å². The number of fused-ring (bicyclic) bond motifs is 1. The second kappa shape index (κ2) is 12.0. The molecule has 0 saturated carbocycles. The van der Waals surface area contributed by atoms with Gasteiger partial charge in [-0.25, -0.2) is 0 Å². The summed E-state index contributed by atoms with van der Waals surface area (Å²) in [7, 11) is 0. The highest BCUT2D eigenvalue weighted by Crippen LogP contribution is 2.65. The molecule has 3 heterocycles. The molecule has 3 aliphatic rings. The molecule has 0 aliphatic carbocycles. The van der Waals surface area contributed by atoms with Crippen molar-refractivity contribution in [1.82, 2.24) is 9.80 Å². The van der Waals surface area contributed by atoms with Gasteiger partial charge in [-0.05, 0) is 44.1 Å². The first-order valence-corrected chi connectivity index (χ1v) is 14.2. The summed E-state index contributed by atoms with van der Waals surface area (Å²) in [6.07, 6.45) is 6.86. The zero-order valence-electron chi connectivity index (χ0n) is 23.2. The number of allylic oxidation sites excluding steroid dienone is 1. The molecular weight excluding hydrogens is 496 g/mol. The minimum Gasteiger partial charge on any atom is -0.465 e. The SMILES string of the molecule is C=CCCCOC(=O)[C@@H]1[C@H]2C(=O)N([C@@H](CC)CO)C(C(=O)N(CC=C)Cc3ccccc3)C23CC[C@@]1(CC)O3. The molecule has 1 aromatic rings. The van der Waals surface area contributed by atoms with Gasteiger partial charge < -0.3 is 24.4 Å². The van der Waals surface area contributed by atoms with Crippen LogP contribution in [0.5, 0.6) is 0 Å². The molecule has 3 saturated heterocycles. The number of hydrogen-bond acceptors (Lipinski definition) is 6. The van der Waals surface area contributed by atoms with Crippen LogP contribution in [0.2, 0.25) is 0 Å². The molecule has 0 radical (unpaired) electrons. The van der Waals surface area contributed by atoms with Gasteiger partial charge in [0.15, 0.2) is 0 Å². The highest BCUT2D eigenvalue weighted by Gasteiger charge is 2.79. The maximum Gasteiger partial charge on any atom is 0.312 e. The zero-order valence-corrected chi connectivity index (χ0v) is 23.2. The molecule has 1 spiro atoms. The van der Waals surface area contributed by atoms with E-state index < -0.39 is 41.1 Å². The van der Waals surface area contributed by atoms with Gasteiger partial charge in [-0.15, -0.1) is 13.2 Å². The van der Waals surface area contributed by atoms with E-state index in [0.29, 0.717) is 38.6 Å². The van der Waals surface area contributed by atoms with E-state index in [1.807, 2.05) is 44.2 Å². The molecule has 4 rings (SSSR count). The Morgan fingerprint density at radius 2 is 1.97 bits per heavy atom. The molecule has 3 aliphatic heterocycles. The van der Waals surface area contributed by atoms with E-state index >= 15 is 0 Å². The minimum absolute atomic E-state index is 0.236. The number of aliphatic hydroxyl groups is 1. The lowest BCUT2D eigenvalue weighted by molar-refractivity contribution is -0.163. The smallest absolute Gasteiger partial charge is 0.312 e. The van der Waals surface area contributed by atoms with E-state index in [9.17, 15) is 19.5 Å². The van der Waals surface area contributed by atoms with Crippen molar-refractivity contribution in [2.75, 3.05) is 19.8 Å². The third-order valence-corrected chi connectivity index (χ3v) is 8.86. The number of rotatable bonds is 14. The van der Waals surface area contributed by atoms with Gasteiger partial charge in [-0.1, -0.05) is 56.3 Å². The molecule has 2 unspecified atom stereocenters. The molecule has 1 aromatic carbocycles. The quantitative estimate of drug-likeness (QED) is 0.221. The van der Waals surface area contributed by atoms with Crippen LogP contribution in [0.4, 0.5) is 0 Å². The summed E-state index contributed by atoms with van der Waals surface area (Å²) in [5.74, 6) is -2.65. The number of benzene rings is 1. The Labute approximate surface area is 231 Å². The Kier molecular flexibility index (Phi) is 8.96. The summed E-state index contributed by atoms with van der Waals surface area (Å²) < 4.78 is 12.5. The lowest BCUT2D eigenvalue weighted by Gasteiger charge is -2.39. The summed E-state index contributed by atoms with van der Waals surface area (Å²) >= 11 is 0. The van der Waals surface area contributed by atoms with Crippen LogP contribution >= 0.6 is 0 Å². The summed E-state index contributed by atoms with van der Waals surface area (Å²) in [6.45, 7) is 12.0. The number of likely N-dealkylation sites (tertiary alicyclic amines) is 1. The first kappa shape index (κ1) is 29.0. The van der Waals surface area contributed by atoms with E-state index in [0.717, 1.165) is 12.0 Å². The maximum atomic E-state index is 14.5. The van der Waals surface area contributed by atoms with Crippen molar-refractivity contribution < 1.29 is 29.0 Å². The summed E-state index contributed by atoms with van der Waals surface area (Å²) in [5, 5.41) is 10.3. The van der Waals surface area contributed by atoms with Gasteiger partial charge in [-0.3, -0.25) is 14.4 Å². The number of carbonyl (C=O) groups is 3. The number of unbranched alkanes of at least 4 members (excludes halogenated alkanes) is 1.